The van der Waals surface area contributed by atoms with E-state index in [0.717, 1.165) is 34.8 Å². The molecule has 4 rings (SSSR count). The fourth-order valence-corrected chi connectivity index (χ4v) is 2.86. The van der Waals surface area contributed by atoms with Gasteiger partial charge in [0.2, 0.25) is 0 Å². The molecule has 0 amide bonds. The summed E-state index contributed by atoms with van der Waals surface area (Å²) < 4.78 is 2.07. The molecule has 1 aromatic carbocycles. The van der Waals surface area contributed by atoms with Gasteiger partial charge in [-0.3, -0.25) is 4.98 Å². The van der Waals surface area contributed by atoms with Crippen LogP contribution in [0.15, 0.2) is 67.1 Å². The largest absolute Gasteiger partial charge is 0.381 e. The lowest BCUT2D eigenvalue weighted by Gasteiger charge is -2.07. The Morgan fingerprint density at radius 3 is 2.56 bits per heavy atom. The van der Waals surface area contributed by atoms with Crippen molar-refractivity contribution in [1.29, 1.82) is 0 Å². The van der Waals surface area contributed by atoms with Crippen molar-refractivity contribution in [2.24, 2.45) is 0 Å². The van der Waals surface area contributed by atoms with Crippen LogP contribution in [0.2, 0.25) is 0 Å². The fraction of sp³-hybridized carbons (Fsp3) is 0.143. The highest BCUT2D eigenvalue weighted by Gasteiger charge is 2.06. The maximum Gasteiger partial charge on any atom is 0.140 e. The molecule has 4 aromatic rings. The first-order valence-corrected chi connectivity index (χ1v) is 8.39. The molecule has 4 heteroatoms. The standard InChI is InChI=1S/C21H20N4/c1-15-4-3-11-25-14-20(24-21(15)25)18-7-9-19(10-8-18)23-13-17-6-5-16(2)22-12-17/h3-12,14,23H,13H2,1-2H3. The van der Waals surface area contributed by atoms with E-state index in [4.69, 9.17) is 4.98 Å². The van der Waals surface area contributed by atoms with Gasteiger partial charge in [-0.25, -0.2) is 4.98 Å². The first kappa shape index (κ1) is 15.4. The molecule has 0 spiro atoms. The summed E-state index contributed by atoms with van der Waals surface area (Å²) in [6.45, 7) is 4.84. The van der Waals surface area contributed by atoms with Crippen LogP contribution in [0.1, 0.15) is 16.8 Å². The summed E-state index contributed by atoms with van der Waals surface area (Å²) in [4.78, 5) is 9.07. The summed E-state index contributed by atoms with van der Waals surface area (Å²) >= 11 is 0. The normalized spacial score (nSPS) is 11.0. The quantitative estimate of drug-likeness (QED) is 0.594. The van der Waals surface area contributed by atoms with Crippen molar-refractivity contribution in [2.75, 3.05) is 5.32 Å². The van der Waals surface area contributed by atoms with Crippen molar-refractivity contribution < 1.29 is 0 Å². The minimum Gasteiger partial charge on any atom is -0.381 e. The lowest BCUT2D eigenvalue weighted by Crippen LogP contribution is -1.99. The van der Waals surface area contributed by atoms with E-state index in [2.05, 4.69) is 64.2 Å². The number of benzene rings is 1. The lowest BCUT2D eigenvalue weighted by molar-refractivity contribution is 1.09. The third-order valence-electron chi connectivity index (χ3n) is 4.33. The van der Waals surface area contributed by atoms with Gasteiger partial charge in [-0.2, -0.15) is 0 Å². The summed E-state index contributed by atoms with van der Waals surface area (Å²) in [5.74, 6) is 0. The smallest absolute Gasteiger partial charge is 0.140 e. The predicted octanol–water partition coefficient (Wildman–Crippen LogP) is 4.63. The van der Waals surface area contributed by atoms with Crippen LogP contribution in [0.25, 0.3) is 16.9 Å². The summed E-state index contributed by atoms with van der Waals surface area (Å²) in [5, 5.41) is 3.43. The number of fused-ring (bicyclic) bond motifs is 1. The zero-order valence-electron chi connectivity index (χ0n) is 14.4. The molecule has 124 valence electrons. The van der Waals surface area contributed by atoms with E-state index >= 15 is 0 Å². The molecule has 4 nitrogen and oxygen atoms in total. The second-order valence-corrected chi connectivity index (χ2v) is 6.29. The summed E-state index contributed by atoms with van der Waals surface area (Å²) in [5.41, 5.74) is 7.59. The van der Waals surface area contributed by atoms with Crippen molar-refractivity contribution in [3.63, 3.8) is 0 Å². The number of hydrogen-bond donors (Lipinski definition) is 1. The van der Waals surface area contributed by atoms with Crippen LogP contribution in [-0.4, -0.2) is 14.4 Å². The highest BCUT2D eigenvalue weighted by Crippen LogP contribution is 2.22. The minimum atomic E-state index is 0.764. The Hall–Kier alpha value is -3.14. The van der Waals surface area contributed by atoms with Crippen molar-refractivity contribution in [3.05, 3.63) is 83.9 Å². The Kier molecular flexibility index (Phi) is 3.94. The lowest BCUT2D eigenvalue weighted by atomic mass is 10.1. The van der Waals surface area contributed by atoms with Gasteiger partial charge in [0.15, 0.2) is 0 Å². The van der Waals surface area contributed by atoms with E-state index in [0.29, 0.717) is 0 Å². The van der Waals surface area contributed by atoms with Crippen molar-refractivity contribution >= 4 is 11.3 Å². The maximum absolute atomic E-state index is 4.75. The molecule has 0 aliphatic carbocycles. The molecule has 0 saturated carbocycles. The second kappa shape index (κ2) is 6.40. The topological polar surface area (TPSA) is 42.2 Å². The van der Waals surface area contributed by atoms with Crippen molar-refractivity contribution in [1.82, 2.24) is 14.4 Å². The van der Waals surface area contributed by atoms with E-state index in [1.807, 2.05) is 31.5 Å². The molecule has 0 aliphatic heterocycles. The Bertz CT molecular complexity index is 998. The Labute approximate surface area is 147 Å². The van der Waals surface area contributed by atoms with E-state index in [1.165, 1.54) is 11.1 Å². The van der Waals surface area contributed by atoms with Crippen LogP contribution in [0.4, 0.5) is 5.69 Å². The number of aromatic nitrogens is 3. The molecule has 1 N–H and O–H groups in total. The number of aryl methyl sites for hydroxylation is 2. The first-order valence-electron chi connectivity index (χ1n) is 8.39. The molecule has 0 saturated heterocycles. The van der Waals surface area contributed by atoms with Crippen LogP contribution in [0.3, 0.4) is 0 Å². The number of nitrogens with zero attached hydrogens (tertiary/aromatic N) is 3. The van der Waals surface area contributed by atoms with Crippen LogP contribution >= 0.6 is 0 Å². The van der Waals surface area contributed by atoms with E-state index in [9.17, 15) is 0 Å². The third kappa shape index (κ3) is 3.24. The average Bonchev–Trinajstić information content (AvgIpc) is 3.07. The molecular formula is C21H20N4. The Morgan fingerprint density at radius 2 is 1.84 bits per heavy atom. The first-order chi connectivity index (χ1) is 12.2. The number of nitrogens with one attached hydrogen (secondary N) is 1. The molecular weight excluding hydrogens is 308 g/mol. The summed E-state index contributed by atoms with van der Waals surface area (Å²) in [7, 11) is 0. The van der Waals surface area contributed by atoms with Gasteiger partial charge in [-0.1, -0.05) is 24.3 Å². The van der Waals surface area contributed by atoms with Gasteiger partial charge in [-0.05, 0) is 49.2 Å². The molecule has 3 heterocycles. The van der Waals surface area contributed by atoms with Crippen molar-refractivity contribution in [3.8, 4) is 11.3 Å². The van der Waals surface area contributed by atoms with Crippen LogP contribution in [-0.2, 0) is 6.54 Å². The zero-order valence-corrected chi connectivity index (χ0v) is 14.4. The van der Waals surface area contributed by atoms with Gasteiger partial charge >= 0.3 is 0 Å². The average molecular weight is 328 g/mol. The Morgan fingerprint density at radius 1 is 1.00 bits per heavy atom. The van der Waals surface area contributed by atoms with Gasteiger partial charge in [0, 0.05) is 42.1 Å². The third-order valence-corrected chi connectivity index (χ3v) is 4.33. The van der Waals surface area contributed by atoms with Gasteiger partial charge in [0.1, 0.15) is 5.65 Å². The van der Waals surface area contributed by atoms with Gasteiger partial charge < -0.3 is 9.72 Å². The molecule has 0 radical (unpaired) electrons. The van der Waals surface area contributed by atoms with E-state index in [-0.39, 0.29) is 0 Å². The number of imidazole rings is 1. The summed E-state index contributed by atoms with van der Waals surface area (Å²) in [6, 6.07) is 16.6. The molecule has 0 unspecified atom stereocenters. The second-order valence-electron chi connectivity index (χ2n) is 6.29. The highest BCUT2D eigenvalue weighted by molar-refractivity contribution is 5.66. The number of pyridine rings is 2. The van der Waals surface area contributed by atoms with E-state index < -0.39 is 0 Å². The van der Waals surface area contributed by atoms with Gasteiger partial charge in [-0.15, -0.1) is 0 Å². The predicted molar refractivity (Wildman–Crippen MR) is 102 cm³/mol. The molecule has 0 bridgehead atoms. The molecule has 25 heavy (non-hydrogen) atoms. The SMILES string of the molecule is Cc1ccc(CNc2ccc(-c3cn4cccc(C)c4n3)cc2)cn1. The zero-order chi connectivity index (χ0) is 17.2. The number of anilines is 1. The minimum absolute atomic E-state index is 0.764. The van der Waals surface area contributed by atoms with Crippen LogP contribution in [0.5, 0.6) is 0 Å². The molecule has 0 aliphatic rings. The van der Waals surface area contributed by atoms with E-state index in [1.54, 1.807) is 0 Å². The summed E-state index contributed by atoms with van der Waals surface area (Å²) in [6.07, 6.45) is 6.02. The number of rotatable bonds is 4. The maximum atomic E-state index is 4.75. The van der Waals surface area contributed by atoms with Gasteiger partial charge in [0.05, 0.1) is 5.69 Å². The fourth-order valence-electron chi connectivity index (χ4n) is 2.86. The molecule has 3 aromatic heterocycles. The Balaban J connectivity index is 1.51. The van der Waals surface area contributed by atoms with Crippen LogP contribution < -0.4 is 5.32 Å². The number of hydrogen-bond acceptors (Lipinski definition) is 3. The van der Waals surface area contributed by atoms with Gasteiger partial charge in [0.25, 0.3) is 0 Å². The van der Waals surface area contributed by atoms with Crippen molar-refractivity contribution in [2.45, 2.75) is 20.4 Å². The highest BCUT2D eigenvalue weighted by atomic mass is 15.0. The molecule has 0 atom stereocenters. The molecule has 0 fully saturated rings. The van der Waals surface area contributed by atoms with Crippen LogP contribution in [0, 0.1) is 13.8 Å². The monoisotopic (exact) mass is 328 g/mol.